The number of benzene rings is 2. The minimum Gasteiger partial charge on any atom is -0.497 e. The third kappa shape index (κ3) is 8.35. The third-order valence-corrected chi connectivity index (χ3v) is 5.79. The number of aliphatic hydroxyl groups excluding tert-OH is 1. The van der Waals surface area contributed by atoms with Gasteiger partial charge in [0.05, 0.1) is 45.8 Å². The first kappa shape index (κ1) is 28.2. The largest absolute Gasteiger partial charge is 0.497 e. The van der Waals surface area contributed by atoms with Gasteiger partial charge in [0.15, 0.2) is 28.2 Å². The zero-order valence-corrected chi connectivity index (χ0v) is 22.0. The van der Waals surface area contributed by atoms with E-state index in [-0.39, 0.29) is 23.8 Å². The molecule has 0 aliphatic carbocycles. The second-order valence-corrected chi connectivity index (χ2v) is 8.41. The number of Topliss-reactive ketones (excluding diaryl/α,β-unsaturated/α-hetero) is 1. The summed E-state index contributed by atoms with van der Waals surface area (Å²) in [7, 11) is 3.14. The van der Waals surface area contributed by atoms with E-state index in [0.717, 1.165) is 11.3 Å². The summed E-state index contributed by atoms with van der Waals surface area (Å²) in [4.78, 5) is 16.9. The molecule has 0 fully saturated rings. The molecule has 0 spiro atoms. The standard InChI is InChI=1S/C28H32ClNO7/c1-4-36-26-14-10-22(30-28(26)29)24(32)12-11-23(31)20-7-13-25(27(17-20)34-3)37-16-15-35-18-19-5-8-21(33-2)9-6-19/h5-10,13-14,17,24,32H,4,11-12,15-16,18H2,1-3H3. The Labute approximate surface area is 222 Å². The molecule has 1 aromatic heterocycles. The summed E-state index contributed by atoms with van der Waals surface area (Å²) in [5.41, 5.74) is 1.88. The van der Waals surface area contributed by atoms with Crippen LogP contribution in [0.1, 0.15) is 47.5 Å². The zero-order valence-electron chi connectivity index (χ0n) is 21.2. The van der Waals surface area contributed by atoms with Crippen LogP contribution in [0.2, 0.25) is 5.15 Å². The van der Waals surface area contributed by atoms with Crippen LogP contribution in [0.4, 0.5) is 0 Å². The molecule has 1 N–H and O–H groups in total. The van der Waals surface area contributed by atoms with E-state index in [4.69, 9.17) is 35.3 Å². The first-order valence-electron chi connectivity index (χ1n) is 12.0. The Hall–Kier alpha value is -3.33. The summed E-state index contributed by atoms with van der Waals surface area (Å²) in [5, 5.41) is 10.6. The number of ketones is 1. The van der Waals surface area contributed by atoms with Crippen molar-refractivity contribution in [3.05, 3.63) is 76.6 Å². The summed E-state index contributed by atoms with van der Waals surface area (Å²) in [6, 6.07) is 16.0. The lowest BCUT2D eigenvalue weighted by molar-refractivity contribution is 0.0878. The molecule has 0 amide bonds. The number of methoxy groups -OCH3 is 2. The number of ether oxygens (including phenoxy) is 5. The van der Waals surface area contributed by atoms with E-state index in [1.807, 2.05) is 31.2 Å². The molecule has 0 aliphatic rings. The monoisotopic (exact) mass is 529 g/mol. The number of aromatic nitrogens is 1. The maximum absolute atomic E-state index is 12.7. The topological polar surface area (TPSA) is 96.3 Å². The molecule has 0 saturated carbocycles. The second kappa shape index (κ2) is 14.4. The Morgan fingerprint density at radius 2 is 1.70 bits per heavy atom. The molecule has 1 heterocycles. The van der Waals surface area contributed by atoms with Crippen LogP contribution in [-0.2, 0) is 11.3 Å². The number of pyridine rings is 1. The smallest absolute Gasteiger partial charge is 0.171 e. The highest BCUT2D eigenvalue weighted by Crippen LogP contribution is 2.30. The Morgan fingerprint density at radius 1 is 0.946 bits per heavy atom. The van der Waals surface area contributed by atoms with Crippen molar-refractivity contribution in [3.63, 3.8) is 0 Å². The van der Waals surface area contributed by atoms with Crippen LogP contribution in [0.5, 0.6) is 23.0 Å². The van der Waals surface area contributed by atoms with Crippen molar-refractivity contribution in [1.29, 1.82) is 0 Å². The molecule has 9 heteroatoms. The summed E-state index contributed by atoms with van der Waals surface area (Å²) < 4.78 is 27.4. The van der Waals surface area contributed by atoms with Crippen LogP contribution < -0.4 is 18.9 Å². The van der Waals surface area contributed by atoms with Gasteiger partial charge in [-0.2, -0.15) is 0 Å². The first-order valence-corrected chi connectivity index (χ1v) is 12.3. The number of carbonyl (C=O) groups is 1. The Bertz CT molecular complexity index is 1150. The van der Waals surface area contributed by atoms with Gasteiger partial charge in [-0.15, -0.1) is 0 Å². The van der Waals surface area contributed by atoms with Crippen LogP contribution in [0.3, 0.4) is 0 Å². The van der Waals surface area contributed by atoms with Gasteiger partial charge in [-0.05, 0) is 61.4 Å². The normalized spacial score (nSPS) is 11.6. The van der Waals surface area contributed by atoms with Gasteiger partial charge in [-0.3, -0.25) is 4.79 Å². The molecule has 0 saturated heterocycles. The van der Waals surface area contributed by atoms with Gasteiger partial charge in [0.25, 0.3) is 0 Å². The molecule has 0 radical (unpaired) electrons. The Morgan fingerprint density at radius 3 is 2.38 bits per heavy atom. The van der Waals surface area contributed by atoms with E-state index in [1.165, 1.54) is 7.11 Å². The SMILES string of the molecule is CCOc1ccc(C(O)CCC(=O)c2ccc(OCCOCc3ccc(OC)cc3)c(OC)c2)nc1Cl. The van der Waals surface area contributed by atoms with E-state index in [0.29, 0.717) is 54.9 Å². The van der Waals surface area contributed by atoms with E-state index < -0.39 is 6.10 Å². The third-order valence-electron chi connectivity index (χ3n) is 5.52. The predicted octanol–water partition coefficient (Wildman–Crippen LogP) is 5.44. The quantitative estimate of drug-likeness (QED) is 0.158. The fraction of sp³-hybridized carbons (Fsp3) is 0.357. The number of carbonyl (C=O) groups excluding carboxylic acids is 1. The lowest BCUT2D eigenvalue weighted by Gasteiger charge is -2.13. The van der Waals surface area contributed by atoms with Crippen LogP contribution in [0.15, 0.2) is 54.6 Å². The van der Waals surface area contributed by atoms with Crippen molar-refractivity contribution in [2.75, 3.05) is 34.0 Å². The molecule has 198 valence electrons. The van der Waals surface area contributed by atoms with Crippen molar-refractivity contribution in [2.45, 2.75) is 32.5 Å². The number of hydrogen-bond acceptors (Lipinski definition) is 8. The van der Waals surface area contributed by atoms with Crippen LogP contribution >= 0.6 is 11.6 Å². The van der Waals surface area contributed by atoms with Crippen molar-refractivity contribution < 1.29 is 33.6 Å². The maximum atomic E-state index is 12.7. The minimum absolute atomic E-state index is 0.121. The minimum atomic E-state index is -0.931. The highest BCUT2D eigenvalue weighted by molar-refractivity contribution is 6.30. The predicted molar refractivity (Wildman–Crippen MR) is 140 cm³/mol. The van der Waals surface area contributed by atoms with Gasteiger partial charge >= 0.3 is 0 Å². The van der Waals surface area contributed by atoms with Crippen LogP contribution in [-0.4, -0.2) is 49.9 Å². The molecule has 1 atom stereocenters. The molecule has 3 aromatic rings. The van der Waals surface area contributed by atoms with Gasteiger partial charge in [0, 0.05) is 12.0 Å². The molecule has 3 rings (SSSR count). The maximum Gasteiger partial charge on any atom is 0.171 e. The number of rotatable bonds is 15. The van der Waals surface area contributed by atoms with Crippen molar-refractivity contribution >= 4 is 17.4 Å². The molecule has 0 bridgehead atoms. The summed E-state index contributed by atoms with van der Waals surface area (Å²) >= 11 is 6.10. The molecular weight excluding hydrogens is 498 g/mol. The van der Waals surface area contributed by atoms with E-state index in [9.17, 15) is 9.90 Å². The first-order chi connectivity index (χ1) is 17.9. The Kier molecular flexibility index (Phi) is 11.0. The van der Waals surface area contributed by atoms with Gasteiger partial charge in [-0.1, -0.05) is 23.7 Å². The molecule has 0 aliphatic heterocycles. The molecular formula is C28H32ClNO7. The van der Waals surface area contributed by atoms with Gasteiger partial charge in [0.1, 0.15) is 12.4 Å². The highest BCUT2D eigenvalue weighted by Gasteiger charge is 2.17. The molecule has 37 heavy (non-hydrogen) atoms. The highest BCUT2D eigenvalue weighted by atomic mass is 35.5. The summed E-state index contributed by atoms with van der Waals surface area (Å²) in [6.07, 6.45) is -0.613. The van der Waals surface area contributed by atoms with Crippen molar-refractivity contribution in [2.24, 2.45) is 0 Å². The van der Waals surface area contributed by atoms with Gasteiger partial charge in [-0.25, -0.2) is 4.98 Å². The lowest BCUT2D eigenvalue weighted by atomic mass is 10.0. The van der Waals surface area contributed by atoms with Gasteiger partial charge in [0.2, 0.25) is 0 Å². The van der Waals surface area contributed by atoms with E-state index in [1.54, 1.807) is 37.4 Å². The number of nitrogens with zero attached hydrogens (tertiary/aromatic N) is 1. The number of aliphatic hydroxyl groups is 1. The summed E-state index contributed by atoms with van der Waals surface area (Å²) in [5.74, 6) is 2.08. The molecule has 1 unspecified atom stereocenters. The summed E-state index contributed by atoms with van der Waals surface area (Å²) in [6.45, 7) is 3.48. The lowest BCUT2D eigenvalue weighted by Crippen LogP contribution is -2.09. The average Bonchev–Trinajstić information content (AvgIpc) is 2.92. The van der Waals surface area contributed by atoms with Crippen LogP contribution in [0.25, 0.3) is 0 Å². The van der Waals surface area contributed by atoms with Crippen molar-refractivity contribution in [3.8, 4) is 23.0 Å². The van der Waals surface area contributed by atoms with E-state index in [2.05, 4.69) is 4.98 Å². The number of halogens is 1. The fourth-order valence-corrected chi connectivity index (χ4v) is 3.74. The van der Waals surface area contributed by atoms with Gasteiger partial charge < -0.3 is 28.8 Å². The zero-order chi connectivity index (χ0) is 26.6. The van der Waals surface area contributed by atoms with Crippen molar-refractivity contribution in [1.82, 2.24) is 4.98 Å². The average molecular weight is 530 g/mol. The number of hydrogen-bond donors (Lipinski definition) is 1. The molecule has 8 nitrogen and oxygen atoms in total. The fourth-order valence-electron chi connectivity index (χ4n) is 3.53. The second-order valence-electron chi connectivity index (χ2n) is 8.05. The van der Waals surface area contributed by atoms with Crippen LogP contribution in [0, 0.1) is 0 Å². The van der Waals surface area contributed by atoms with E-state index >= 15 is 0 Å². The Balaban J connectivity index is 1.47. The molecule has 2 aromatic carbocycles.